The summed E-state index contributed by atoms with van der Waals surface area (Å²) in [5.74, 6) is 0. The van der Waals surface area contributed by atoms with Crippen LogP contribution in [0.1, 0.15) is 59.3 Å². The van der Waals surface area contributed by atoms with Crippen LogP contribution in [0, 0.1) is 0 Å². The first-order chi connectivity index (χ1) is 13.6. The summed E-state index contributed by atoms with van der Waals surface area (Å²) in [6.45, 7) is 15.3. The Morgan fingerprint density at radius 3 is 2.61 bits per heavy atom. The Hall–Kier alpha value is -2.54. The number of aromatic nitrogens is 1. The smallest absolute Gasteiger partial charge is 0.0497 e. The fourth-order valence-electron chi connectivity index (χ4n) is 3.48. The number of hydrogen-bond donors (Lipinski definition) is 0. The molecule has 0 atom stereocenters. The quantitative estimate of drug-likeness (QED) is 0.520. The maximum atomic E-state index is 4.44. The van der Waals surface area contributed by atoms with Gasteiger partial charge in [-0.1, -0.05) is 81.2 Å². The Labute approximate surface area is 170 Å². The van der Waals surface area contributed by atoms with Crippen LogP contribution in [0.3, 0.4) is 0 Å². The molecule has 0 aliphatic carbocycles. The van der Waals surface area contributed by atoms with Gasteiger partial charge in [-0.25, -0.2) is 0 Å². The van der Waals surface area contributed by atoms with E-state index >= 15 is 0 Å². The minimum atomic E-state index is 0.971. The predicted octanol–water partition coefficient (Wildman–Crippen LogP) is 4.72. The van der Waals surface area contributed by atoms with Gasteiger partial charge in [0.1, 0.15) is 0 Å². The molecule has 2 rings (SSSR count). The first-order valence-corrected chi connectivity index (χ1v) is 10.5. The van der Waals surface area contributed by atoms with Crippen LogP contribution in [0.4, 0.5) is 0 Å². The molecule has 148 valence electrons. The van der Waals surface area contributed by atoms with Crippen LogP contribution in [0.2, 0.25) is 0 Å². The van der Waals surface area contributed by atoms with Gasteiger partial charge in [0, 0.05) is 26.8 Å². The minimum Gasteiger partial charge on any atom is -0.311 e. The van der Waals surface area contributed by atoms with Crippen LogP contribution in [-0.4, -0.2) is 4.57 Å². The molecular weight excluding hydrogens is 338 g/mol. The van der Waals surface area contributed by atoms with E-state index in [1.807, 2.05) is 0 Å². The monoisotopic (exact) mass is 373 g/mol. The van der Waals surface area contributed by atoms with E-state index in [9.17, 15) is 0 Å². The highest BCUT2D eigenvalue weighted by Gasteiger charge is 2.05. The Morgan fingerprint density at radius 1 is 1.07 bits per heavy atom. The molecular formula is C27H35N. The molecule has 1 nitrogen and oxygen atoms in total. The lowest BCUT2D eigenvalue weighted by Gasteiger charge is -2.06. The molecule has 0 fully saturated rings. The highest BCUT2D eigenvalue weighted by Crippen LogP contribution is 2.06. The summed E-state index contributed by atoms with van der Waals surface area (Å²) in [5, 5.41) is 4.73. The van der Waals surface area contributed by atoms with Crippen LogP contribution >= 0.6 is 0 Å². The molecule has 0 saturated heterocycles. The number of hydrogen-bond acceptors (Lipinski definition) is 0. The van der Waals surface area contributed by atoms with Crippen molar-refractivity contribution in [1.82, 2.24) is 4.57 Å². The van der Waals surface area contributed by atoms with Crippen molar-refractivity contribution in [1.29, 1.82) is 0 Å². The zero-order valence-corrected chi connectivity index (χ0v) is 17.9. The van der Waals surface area contributed by atoms with Crippen LogP contribution in [-0.2, 0) is 0 Å². The zero-order valence-electron chi connectivity index (χ0n) is 17.9. The molecule has 1 aliphatic heterocycles. The van der Waals surface area contributed by atoms with Gasteiger partial charge in [0.05, 0.1) is 0 Å². The average Bonchev–Trinajstić information content (AvgIpc) is 2.93. The Bertz CT molecular complexity index is 1020. The first-order valence-electron chi connectivity index (χ1n) is 10.5. The highest BCUT2D eigenvalue weighted by molar-refractivity contribution is 5.59. The maximum absolute atomic E-state index is 4.44. The van der Waals surface area contributed by atoms with Crippen LogP contribution in [0.25, 0.3) is 30.5 Å². The molecule has 0 unspecified atom stereocenters. The van der Waals surface area contributed by atoms with Gasteiger partial charge in [-0.05, 0) is 57.6 Å². The van der Waals surface area contributed by atoms with Crippen molar-refractivity contribution < 1.29 is 0 Å². The lowest BCUT2D eigenvalue weighted by Crippen LogP contribution is -2.37. The fourth-order valence-corrected chi connectivity index (χ4v) is 3.48. The Balaban J connectivity index is 2.83. The van der Waals surface area contributed by atoms with Gasteiger partial charge in [0.25, 0.3) is 0 Å². The second-order valence-corrected chi connectivity index (χ2v) is 7.29. The van der Waals surface area contributed by atoms with Gasteiger partial charge >= 0.3 is 0 Å². The number of allylic oxidation sites excluding steroid dienone is 9. The zero-order chi connectivity index (χ0) is 20.4. The maximum Gasteiger partial charge on any atom is 0.0497 e. The Morgan fingerprint density at radius 2 is 1.86 bits per heavy atom. The summed E-state index contributed by atoms with van der Waals surface area (Å²) in [6, 6.07) is 0. The van der Waals surface area contributed by atoms with Gasteiger partial charge in [-0.2, -0.15) is 0 Å². The topological polar surface area (TPSA) is 4.93 Å². The standard InChI is InChI=1S/C27H35N/c1-6-8-10-16-20-27-26(18-9-7-2)25-19-15-13-11-12-14-17-22(3)21-23(4)28(27)24(25)5/h6,8,13-15,17-21H,4-5,7,9-12,16H2,1-3H3/b8-6-,15-13-,17-14-,22-21-,25-19+,26-18-,27-20+. The van der Waals surface area contributed by atoms with E-state index in [2.05, 4.69) is 99.3 Å². The summed E-state index contributed by atoms with van der Waals surface area (Å²) in [7, 11) is 0. The van der Waals surface area contributed by atoms with Gasteiger partial charge in [0.15, 0.2) is 0 Å². The van der Waals surface area contributed by atoms with Crippen molar-refractivity contribution in [2.24, 2.45) is 0 Å². The van der Waals surface area contributed by atoms with E-state index in [0.717, 1.165) is 49.6 Å². The third-order valence-electron chi connectivity index (χ3n) is 4.89. The minimum absolute atomic E-state index is 0.971. The van der Waals surface area contributed by atoms with E-state index in [1.165, 1.54) is 21.4 Å². The molecule has 1 aromatic rings. The van der Waals surface area contributed by atoms with Crippen molar-refractivity contribution in [2.45, 2.75) is 59.3 Å². The van der Waals surface area contributed by atoms with Crippen LogP contribution in [0.5, 0.6) is 0 Å². The fraction of sp³-hybridized carbons (Fsp3) is 0.333. The summed E-state index contributed by atoms with van der Waals surface area (Å²) in [4.78, 5) is 0. The Kier molecular flexibility index (Phi) is 8.81. The molecule has 0 aromatic carbocycles. The largest absolute Gasteiger partial charge is 0.311 e. The van der Waals surface area contributed by atoms with E-state index in [4.69, 9.17) is 0 Å². The predicted molar refractivity (Wildman–Crippen MR) is 127 cm³/mol. The van der Waals surface area contributed by atoms with E-state index in [-0.39, 0.29) is 0 Å². The molecule has 1 heteroatoms. The second kappa shape index (κ2) is 11.3. The third kappa shape index (κ3) is 5.73. The van der Waals surface area contributed by atoms with E-state index < -0.39 is 0 Å². The second-order valence-electron chi connectivity index (χ2n) is 7.29. The molecule has 0 radical (unpaired) electrons. The van der Waals surface area contributed by atoms with Crippen molar-refractivity contribution in [2.75, 3.05) is 0 Å². The molecule has 2 bridgehead atoms. The number of nitrogens with zero attached hydrogens (tertiary/aromatic N) is 1. The van der Waals surface area contributed by atoms with Gasteiger partial charge < -0.3 is 4.57 Å². The molecule has 0 spiro atoms. The molecule has 2 heterocycles. The summed E-state index contributed by atoms with van der Waals surface area (Å²) in [5.41, 5.74) is 2.18. The van der Waals surface area contributed by atoms with Crippen molar-refractivity contribution in [3.8, 4) is 0 Å². The van der Waals surface area contributed by atoms with Crippen LogP contribution in [0.15, 0.2) is 54.7 Å². The number of unbranched alkanes of at least 4 members (excludes halogenated alkanes) is 2. The van der Waals surface area contributed by atoms with Crippen molar-refractivity contribution >= 4 is 30.5 Å². The van der Waals surface area contributed by atoms with E-state index in [1.54, 1.807) is 0 Å². The molecule has 0 N–H and O–H groups in total. The molecule has 0 amide bonds. The molecule has 1 aromatic heterocycles. The summed E-state index contributed by atoms with van der Waals surface area (Å²) in [6.07, 6.45) is 28.6. The van der Waals surface area contributed by atoms with Crippen molar-refractivity contribution in [3.05, 3.63) is 75.8 Å². The van der Waals surface area contributed by atoms with Crippen LogP contribution < -0.4 is 21.1 Å². The lowest BCUT2D eigenvalue weighted by atomic mass is 10.2. The number of fused-ring (bicyclic) bond motifs is 2. The molecule has 28 heavy (non-hydrogen) atoms. The normalized spacial score (nSPS) is 22.0. The van der Waals surface area contributed by atoms with E-state index in [0.29, 0.717) is 0 Å². The average molecular weight is 374 g/mol. The lowest BCUT2D eigenvalue weighted by molar-refractivity contribution is 0.984. The third-order valence-corrected chi connectivity index (χ3v) is 4.89. The molecule has 0 saturated carbocycles. The number of rotatable bonds is 5. The van der Waals surface area contributed by atoms with Crippen molar-refractivity contribution in [3.63, 3.8) is 0 Å². The SMILES string of the molecule is C=C1/C=C(C)\C=C/CC\C=C/C=c2\c(=C)n1c(=C\CC/C=C\C)\c2=C/CCC. The summed E-state index contributed by atoms with van der Waals surface area (Å²) >= 11 is 0. The van der Waals surface area contributed by atoms with Gasteiger partial charge in [-0.3, -0.25) is 0 Å². The van der Waals surface area contributed by atoms with Gasteiger partial charge in [0.2, 0.25) is 0 Å². The first kappa shape index (κ1) is 21.8. The van der Waals surface area contributed by atoms with Gasteiger partial charge in [-0.15, -0.1) is 0 Å². The highest BCUT2D eigenvalue weighted by atomic mass is 15.0. The summed E-state index contributed by atoms with van der Waals surface area (Å²) < 4.78 is 2.23. The molecule has 1 aliphatic rings.